The van der Waals surface area contributed by atoms with Gasteiger partial charge in [0, 0.05) is 10.9 Å². The largest absolute Gasteiger partial charge is 0.464 e. The van der Waals surface area contributed by atoms with Crippen molar-refractivity contribution in [3.8, 4) is 0 Å². The molecule has 4 nitrogen and oxygen atoms in total. The van der Waals surface area contributed by atoms with E-state index in [4.69, 9.17) is 4.74 Å². The van der Waals surface area contributed by atoms with Crippen LogP contribution in [0.5, 0.6) is 0 Å². The number of carbonyl (C=O) groups excluding carboxylic acids is 2. The number of carbonyl (C=O) groups is 2. The Labute approximate surface area is 105 Å². The Morgan fingerprint density at radius 2 is 2.29 bits per heavy atom. The van der Waals surface area contributed by atoms with Crippen molar-refractivity contribution in [2.45, 2.75) is 12.5 Å². The third-order valence-corrected chi connectivity index (χ3v) is 2.91. The van der Waals surface area contributed by atoms with E-state index < -0.39 is 23.7 Å². The molecule has 1 atom stereocenters. The zero-order valence-electron chi connectivity index (χ0n) is 8.70. The first-order chi connectivity index (χ1) is 8.08. The van der Waals surface area contributed by atoms with Gasteiger partial charge in [-0.1, -0.05) is 15.9 Å². The average Bonchev–Trinajstić information content (AvgIpc) is 2.64. The molecule has 1 heterocycles. The molecule has 1 aliphatic heterocycles. The van der Waals surface area contributed by atoms with Crippen molar-refractivity contribution in [2.24, 2.45) is 0 Å². The van der Waals surface area contributed by atoms with Gasteiger partial charge in [-0.25, -0.2) is 9.18 Å². The molecule has 17 heavy (non-hydrogen) atoms. The van der Waals surface area contributed by atoms with Crippen LogP contribution in [0.2, 0.25) is 0 Å². The van der Waals surface area contributed by atoms with Crippen LogP contribution in [0.4, 0.5) is 4.39 Å². The molecule has 0 saturated carbocycles. The summed E-state index contributed by atoms with van der Waals surface area (Å²) in [6, 6.07) is 3.44. The van der Waals surface area contributed by atoms with E-state index in [9.17, 15) is 14.0 Å². The Hall–Kier alpha value is -1.43. The molecule has 6 heteroatoms. The summed E-state index contributed by atoms with van der Waals surface area (Å²) in [5, 5.41) is 2.44. The molecule has 1 aliphatic rings. The van der Waals surface area contributed by atoms with E-state index in [1.165, 1.54) is 12.1 Å². The third kappa shape index (κ3) is 2.63. The van der Waals surface area contributed by atoms with E-state index in [1.807, 2.05) is 0 Å². The molecule has 1 N–H and O–H groups in total. The standard InChI is InChI=1S/C11H9BrFNO3/c12-6-1-2-7(8(13)5-6)10(15)14-9-3-4-17-11(9)16/h1-2,5,9H,3-4H2,(H,14,15). The average molecular weight is 302 g/mol. The van der Waals surface area contributed by atoms with E-state index in [2.05, 4.69) is 21.2 Å². The molecule has 1 aromatic rings. The predicted molar refractivity (Wildman–Crippen MR) is 60.9 cm³/mol. The Balaban J connectivity index is 2.11. The van der Waals surface area contributed by atoms with Crippen LogP contribution in [0.25, 0.3) is 0 Å². The number of cyclic esters (lactones) is 1. The second-order valence-corrected chi connectivity index (χ2v) is 4.52. The van der Waals surface area contributed by atoms with E-state index >= 15 is 0 Å². The fourth-order valence-corrected chi connectivity index (χ4v) is 1.87. The highest BCUT2D eigenvalue weighted by Gasteiger charge is 2.28. The van der Waals surface area contributed by atoms with Crippen LogP contribution < -0.4 is 5.32 Å². The van der Waals surface area contributed by atoms with Crippen LogP contribution in [-0.2, 0) is 9.53 Å². The number of hydrogen-bond donors (Lipinski definition) is 1. The van der Waals surface area contributed by atoms with Gasteiger partial charge in [0.2, 0.25) is 0 Å². The van der Waals surface area contributed by atoms with E-state index in [0.717, 1.165) is 0 Å². The predicted octanol–water partition coefficient (Wildman–Crippen LogP) is 1.63. The van der Waals surface area contributed by atoms with Gasteiger partial charge in [0.05, 0.1) is 12.2 Å². The summed E-state index contributed by atoms with van der Waals surface area (Å²) in [5.74, 6) is -1.72. The highest BCUT2D eigenvalue weighted by Crippen LogP contribution is 2.16. The van der Waals surface area contributed by atoms with Gasteiger partial charge in [0.25, 0.3) is 5.91 Å². The molecule has 1 aromatic carbocycles. The normalized spacial score (nSPS) is 18.9. The first kappa shape index (κ1) is 12.0. The lowest BCUT2D eigenvalue weighted by Gasteiger charge is -2.09. The van der Waals surface area contributed by atoms with Crippen LogP contribution >= 0.6 is 15.9 Å². The van der Waals surface area contributed by atoms with Crippen LogP contribution in [-0.4, -0.2) is 24.5 Å². The Morgan fingerprint density at radius 1 is 1.53 bits per heavy atom. The Morgan fingerprint density at radius 3 is 2.88 bits per heavy atom. The quantitative estimate of drug-likeness (QED) is 0.845. The lowest BCUT2D eigenvalue weighted by molar-refractivity contribution is -0.139. The van der Waals surface area contributed by atoms with Gasteiger partial charge in [0.1, 0.15) is 11.9 Å². The molecule has 0 spiro atoms. The van der Waals surface area contributed by atoms with Crippen molar-refractivity contribution in [1.82, 2.24) is 5.32 Å². The molecule has 90 valence electrons. The highest BCUT2D eigenvalue weighted by molar-refractivity contribution is 9.10. The van der Waals surface area contributed by atoms with Gasteiger partial charge in [0.15, 0.2) is 0 Å². The van der Waals surface area contributed by atoms with Crippen LogP contribution in [0, 0.1) is 5.82 Å². The van der Waals surface area contributed by atoms with Crippen molar-refractivity contribution < 1.29 is 18.7 Å². The van der Waals surface area contributed by atoms with Crippen LogP contribution in [0.1, 0.15) is 16.8 Å². The fraction of sp³-hybridized carbons (Fsp3) is 0.273. The Bertz CT molecular complexity index is 478. The second kappa shape index (κ2) is 4.83. The van der Waals surface area contributed by atoms with Crippen molar-refractivity contribution in [1.29, 1.82) is 0 Å². The summed E-state index contributed by atoms with van der Waals surface area (Å²) < 4.78 is 18.7. The van der Waals surface area contributed by atoms with Crippen LogP contribution in [0.15, 0.2) is 22.7 Å². The van der Waals surface area contributed by atoms with Gasteiger partial charge in [-0.2, -0.15) is 0 Å². The highest BCUT2D eigenvalue weighted by atomic mass is 79.9. The van der Waals surface area contributed by atoms with Crippen molar-refractivity contribution >= 4 is 27.8 Å². The van der Waals surface area contributed by atoms with Gasteiger partial charge in [-0.05, 0) is 18.2 Å². The maximum atomic E-state index is 13.5. The monoisotopic (exact) mass is 301 g/mol. The molecule has 0 aromatic heterocycles. The fourth-order valence-electron chi connectivity index (χ4n) is 1.54. The minimum atomic E-state index is -0.675. The van der Waals surface area contributed by atoms with E-state index in [0.29, 0.717) is 10.9 Å². The molecule has 0 bridgehead atoms. The molecule has 1 saturated heterocycles. The summed E-state index contributed by atoms with van der Waals surface area (Å²) in [4.78, 5) is 22.8. The van der Waals surface area contributed by atoms with Gasteiger partial charge < -0.3 is 10.1 Å². The molecule has 0 aliphatic carbocycles. The number of halogens is 2. The van der Waals surface area contributed by atoms with Crippen molar-refractivity contribution in [3.63, 3.8) is 0 Å². The first-order valence-electron chi connectivity index (χ1n) is 5.00. The smallest absolute Gasteiger partial charge is 0.328 e. The number of rotatable bonds is 2. The zero-order valence-corrected chi connectivity index (χ0v) is 10.3. The summed E-state index contributed by atoms with van der Waals surface area (Å²) in [7, 11) is 0. The molecule has 1 unspecified atom stereocenters. The number of ether oxygens (including phenoxy) is 1. The maximum absolute atomic E-state index is 13.5. The molecular formula is C11H9BrFNO3. The summed E-state index contributed by atoms with van der Waals surface area (Å²) in [6.45, 7) is 0.284. The first-order valence-corrected chi connectivity index (χ1v) is 5.80. The van der Waals surface area contributed by atoms with Crippen molar-refractivity contribution in [2.75, 3.05) is 6.61 Å². The number of hydrogen-bond acceptors (Lipinski definition) is 3. The lowest BCUT2D eigenvalue weighted by atomic mass is 10.1. The number of benzene rings is 1. The molecule has 2 rings (SSSR count). The molecule has 1 fully saturated rings. The third-order valence-electron chi connectivity index (χ3n) is 2.42. The SMILES string of the molecule is O=C(NC1CCOC1=O)c1ccc(Br)cc1F. The minimum absolute atomic E-state index is 0.0899. The minimum Gasteiger partial charge on any atom is -0.464 e. The van der Waals surface area contributed by atoms with Gasteiger partial charge in [-0.15, -0.1) is 0 Å². The van der Waals surface area contributed by atoms with Gasteiger partial charge >= 0.3 is 5.97 Å². The van der Waals surface area contributed by atoms with E-state index in [-0.39, 0.29) is 12.2 Å². The second-order valence-electron chi connectivity index (χ2n) is 3.61. The summed E-state index contributed by atoms with van der Waals surface area (Å²) >= 11 is 3.10. The number of amides is 1. The summed E-state index contributed by atoms with van der Waals surface area (Å²) in [5.41, 5.74) is -0.0899. The molecular weight excluding hydrogens is 293 g/mol. The zero-order chi connectivity index (χ0) is 12.4. The maximum Gasteiger partial charge on any atom is 0.328 e. The molecule has 0 radical (unpaired) electrons. The lowest BCUT2D eigenvalue weighted by Crippen LogP contribution is -2.38. The summed E-state index contributed by atoms with van der Waals surface area (Å²) in [6.07, 6.45) is 0.419. The van der Waals surface area contributed by atoms with Gasteiger partial charge in [-0.3, -0.25) is 4.79 Å². The molecule has 1 amide bonds. The van der Waals surface area contributed by atoms with E-state index in [1.54, 1.807) is 6.07 Å². The van der Waals surface area contributed by atoms with Crippen molar-refractivity contribution in [3.05, 3.63) is 34.1 Å². The number of nitrogens with one attached hydrogen (secondary N) is 1. The van der Waals surface area contributed by atoms with Crippen LogP contribution in [0.3, 0.4) is 0 Å². The topological polar surface area (TPSA) is 55.4 Å². The number of esters is 1. The Kier molecular flexibility index (Phi) is 3.42.